The van der Waals surface area contributed by atoms with E-state index in [-0.39, 0.29) is 12.1 Å². The zero-order valence-corrected chi connectivity index (χ0v) is 9.33. The second-order valence-corrected chi connectivity index (χ2v) is 4.00. The van der Waals surface area contributed by atoms with E-state index in [1.165, 1.54) is 0 Å². The highest BCUT2D eigenvalue weighted by Crippen LogP contribution is 2.02. The van der Waals surface area contributed by atoms with Crippen LogP contribution in [0.25, 0.3) is 0 Å². The molecule has 0 aromatic carbocycles. The van der Waals surface area contributed by atoms with Crippen LogP contribution < -0.4 is 0 Å². The Hall–Kier alpha value is -0.730. The van der Waals surface area contributed by atoms with Gasteiger partial charge in [0.25, 0.3) is 0 Å². The highest BCUT2D eigenvalue weighted by molar-refractivity contribution is 5.67. The first-order chi connectivity index (χ1) is 5.95. The lowest BCUT2D eigenvalue weighted by molar-refractivity contribution is 0.0979. The number of ether oxygens (including phenoxy) is 1. The third kappa shape index (κ3) is 5.50. The molecule has 0 aliphatic carbocycles. The summed E-state index contributed by atoms with van der Waals surface area (Å²) >= 11 is 0. The largest absolute Gasteiger partial charge is 0.449 e. The molecule has 1 amide bonds. The molecular weight excluding hydrogens is 166 g/mol. The van der Waals surface area contributed by atoms with Crippen molar-refractivity contribution in [3.05, 3.63) is 0 Å². The van der Waals surface area contributed by atoms with Crippen LogP contribution in [-0.4, -0.2) is 30.7 Å². The van der Waals surface area contributed by atoms with Crippen molar-refractivity contribution >= 4 is 6.09 Å². The maximum Gasteiger partial charge on any atom is 0.409 e. The summed E-state index contributed by atoms with van der Waals surface area (Å²) in [7, 11) is 1.75. The van der Waals surface area contributed by atoms with Gasteiger partial charge in [-0.05, 0) is 26.2 Å². The van der Waals surface area contributed by atoms with E-state index in [1.54, 1.807) is 11.9 Å². The van der Waals surface area contributed by atoms with Crippen LogP contribution in [0, 0.1) is 5.92 Å². The van der Waals surface area contributed by atoms with Gasteiger partial charge in [-0.1, -0.05) is 13.8 Å². The Bertz CT molecular complexity index is 155. The Morgan fingerprint density at radius 3 is 2.23 bits per heavy atom. The van der Waals surface area contributed by atoms with Gasteiger partial charge in [0.1, 0.15) is 0 Å². The molecule has 0 aliphatic heterocycles. The van der Waals surface area contributed by atoms with Crippen molar-refractivity contribution < 1.29 is 9.53 Å². The first-order valence-electron chi connectivity index (χ1n) is 4.84. The summed E-state index contributed by atoms with van der Waals surface area (Å²) in [5, 5.41) is 0. The van der Waals surface area contributed by atoms with Gasteiger partial charge in [0, 0.05) is 13.1 Å². The molecule has 0 unspecified atom stereocenters. The lowest BCUT2D eigenvalue weighted by Gasteiger charge is -2.20. The van der Waals surface area contributed by atoms with Crippen molar-refractivity contribution in [2.75, 3.05) is 13.7 Å². The van der Waals surface area contributed by atoms with Gasteiger partial charge >= 0.3 is 6.09 Å². The highest BCUT2D eigenvalue weighted by atomic mass is 16.6. The Kier molecular flexibility index (Phi) is 5.51. The van der Waals surface area contributed by atoms with Crippen LogP contribution in [0.2, 0.25) is 0 Å². The lowest BCUT2D eigenvalue weighted by atomic mass is 10.1. The van der Waals surface area contributed by atoms with Gasteiger partial charge in [-0.25, -0.2) is 4.79 Å². The van der Waals surface area contributed by atoms with E-state index in [0.717, 1.165) is 6.42 Å². The van der Waals surface area contributed by atoms with Gasteiger partial charge < -0.3 is 9.64 Å². The Morgan fingerprint density at radius 1 is 1.31 bits per heavy atom. The highest BCUT2D eigenvalue weighted by Gasteiger charge is 2.12. The first-order valence-corrected chi connectivity index (χ1v) is 4.84. The normalized spacial score (nSPS) is 10.7. The Labute approximate surface area is 81.1 Å². The molecule has 0 aromatic heterocycles. The van der Waals surface area contributed by atoms with Gasteiger partial charge in [-0.3, -0.25) is 0 Å². The summed E-state index contributed by atoms with van der Waals surface area (Å²) in [4.78, 5) is 12.9. The van der Waals surface area contributed by atoms with E-state index in [2.05, 4.69) is 13.8 Å². The number of amides is 1. The van der Waals surface area contributed by atoms with Gasteiger partial charge in [0.05, 0.1) is 6.61 Å². The van der Waals surface area contributed by atoms with E-state index in [9.17, 15) is 4.79 Å². The molecule has 0 atom stereocenters. The van der Waals surface area contributed by atoms with Crippen molar-refractivity contribution in [2.45, 2.75) is 40.2 Å². The first kappa shape index (κ1) is 12.3. The van der Waals surface area contributed by atoms with Gasteiger partial charge in [-0.15, -0.1) is 0 Å². The summed E-state index contributed by atoms with van der Waals surface area (Å²) in [6, 6.07) is 0.201. The van der Waals surface area contributed by atoms with E-state index in [0.29, 0.717) is 12.5 Å². The van der Waals surface area contributed by atoms with Crippen molar-refractivity contribution in [1.29, 1.82) is 0 Å². The van der Waals surface area contributed by atoms with Crippen LogP contribution in [0.5, 0.6) is 0 Å². The molecule has 0 saturated carbocycles. The van der Waals surface area contributed by atoms with E-state index >= 15 is 0 Å². The fourth-order valence-corrected chi connectivity index (χ4v) is 0.695. The standard InChI is InChI=1S/C10H21NO2/c1-8(2)6-7-13-10(12)11(5)9(3)4/h8-9H,6-7H2,1-5H3. The predicted octanol–water partition coefficient (Wildman–Crippen LogP) is 2.51. The van der Waals surface area contributed by atoms with Crippen molar-refractivity contribution in [2.24, 2.45) is 5.92 Å². The van der Waals surface area contributed by atoms with Crippen LogP contribution in [0.4, 0.5) is 4.79 Å². The topological polar surface area (TPSA) is 29.5 Å². The monoisotopic (exact) mass is 187 g/mol. The molecule has 13 heavy (non-hydrogen) atoms. The third-order valence-corrected chi connectivity index (χ3v) is 1.98. The number of carbonyl (C=O) groups excluding carboxylic acids is 1. The molecule has 0 rings (SSSR count). The molecule has 3 nitrogen and oxygen atoms in total. The molecule has 0 N–H and O–H groups in total. The zero-order valence-electron chi connectivity index (χ0n) is 9.33. The van der Waals surface area contributed by atoms with E-state index in [4.69, 9.17) is 4.74 Å². The van der Waals surface area contributed by atoms with Crippen LogP contribution in [0.1, 0.15) is 34.1 Å². The van der Waals surface area contributed by atoms with Crippen LogP contribution in [-0.2, 0) is 4.74 Å². The smallest absolute Gasteiger partial charge is 0.409 e. The summed E-state index contributed by atoms with van der Waals surface area (Å²) in [5.41, 5.74) is 0. The summed E-state index contributed by atoms with van der Waals surface area (Å²) < 4.78 is 5.06. The molecule has 0 aliphatic rings. The molecule has 3 heteroatoms. The number of hydrogen-bond acceptors (Lipinski definition) is 2. The minimum Gasteiger partial charge on any atom is -0.449 e. The Balaban J connectivity index is 3.62. The maximum absolute atomic E-state index is 11.3. The van der Waals surface area contributed by atoms with Crippen molar-refractivity contribution in [3.8, 4) is 0 Å². The second-order valence-electron chi connectivity index (χ2n) is 4.00. The molecule has 0 spiro atoms. The fourth-order valence-electron chi connectivity index (χ4n) is 0.695. The molecule has 0 fully saturated rings. The molecule has 0 radical (unpaired) electrons. The number of carbonyl (C=O) groups is 1. The third-order valence-electron chi connectivity index (χ3n) is 1.98. The number of rotatable bonds is 4. The SMILES string of the molecule is CC(C)CCOC(=O)N(C)C(C)C. The maximum atomic E-state index is 11.3. The van der Waals surface area contributed by atoms with Crippen LogP contribution >= 0.6 is 0 Å². The summed E-state index contributed by atoms with van der Waals surface area (Å²) in [6.45, 7) is 8.67. The number of nitrogens with zero attached hydrogens (tertiary/aromatic N) is 1. The predicted molar refractivity (Wildman–Crippen MR) is 53.7 cm³/mol. The van der Waals surface area contributed by atoms with Crippen molar-refractivity contribution in [3.63, 3.8) is 0 Å². The molecule has 78 valence electrons. The minimum atomic E-state index is -0.226. The molecule has 0 saturated heterocycles. The Morgan fingerprint density at radius 2 is 1.85 bits per heavy atom. The van der Waals surface area contributed by atoms with E-state index in [1.807, 2.05) is 13.8 Å². The minimum absolute atomic E-state index is 0.201. The molecule has 0 aromatic rings. The summed E-state index contributed by atoms with van der Waals surface area (Å²) in [6.07, 6.45) is 0.702. The number of hydrogen-bond donors (Lipinski definition) is 0. The average molecular weight is 187 g/mol. The van der Waals surface area contributed by atoms with Crippen LogP contribution in [0.15, 0.2) is 0 Å². The van der Waals surface area contributed by atoms with Gasteiger partial charge in [0.2, 0.25) is 0 Å². The van der Waals surface area contributed by atoms with E-state index < -0.39 is 0 Å². The molecule has 0 heterocycles. The van der Waals surface area contributed by atoms with Gasteiger partial charge in [-0.2, -0.15) is 0 Å². The quantitative estimate of drug-likeness (QED) is 0.676. The molecule has 0 bridgehead atoms. The summed E-state index contributed by atoms with van der Waals surface area (Å²) in [5.74, 6) is 0.581. The van der Waals surface area contributed by atoms with Crippen LogP contribution in [0.3, 0.4) is 0 Å². The fraction of sp³-hybridized carbons (Fsp3) is 0.900. The van der Waals surface area contributed by atoms with Gasteiger partial charge in [0.15, 0.2) is 0 Å². The average Bonchev–Trinajstić information content (AvgIpc) is 2.02. The van der Waals surface area contributed by atoms with Crippen molar-refractivity contribution in [1.82, 2.24) is 4.90 Å². The zero-order chi connectivity index (χ0) is 10.4. The second kappa shape index (κ2) is 5.84. The molecular formula is C10H21NO2. The lowest BCUT2D eigenvalue weighted by Crippen LogP contribution is -2.33.